The molecule has 2 atom stereocenters. The topological polar surface area (TPSA) is 78.9 Å². The summed E-state index contributed by atoms with van der Waals surface area (Å²) in [7, 11) is 0. The van der Waals surface area contributed by atoms with Crippen molar-refractivity contribution >= 4 is 11.9 Å². The molecule has 1 aromatic carbocycles. The van der Waals surface area contributed by atoms with Gasteiger partial charge in [-0.25, -0.2) is 4.79 Å². The molecule has 0 radical (unpaired) electrons. The number of carbonyl (C=O) groups is 2. The number of nitrogens with zero attached hydrogens (tertiary/aromatic N) is 1. The van der Waals surface area contributed by atoms with Gasteiger partial charge >= 0.3 is 5.97 Å². The zero-order valence-corrected chi connectivity index (χ0v) is 15.9. The Labute approximate surface area is 150 Å². The molecule has 0 aliphatic rings. The van der Waals surface area contributed by atoms with E-state index in [2.05, 4.69) is 5.32 Å². The Morgan fingerprint density at radius 2 is 1.72 bits per heavy atom. The van der Waals surface area contributed by atoms with Crippen LogP contribution in [0.1, 0.15) is 47.1 Å². The summed E-state index contributed by atoms with van der Waals surface area (Å²) in [5.74, 6) is -1.04. The number of nitrogens with one attached hydrogen (secondary N) is 1. The van der Waals surface area contributed by atoms with Crippen LogP contribution in [0.3, 0.4) is 0 Å². The lowest BCUT2D eigenvalue weighted by molar-refractivity contribution is -0.165. The summed E-state index contributed by atoms with van der Waals surface area (Å²) in [6.45, 7) is 10.8. The van der Waals surface area contributed by atoms with E-state index in [9.17, 15) is 14.8 Å². The van der Waals surface area contributed by atoms with E-state index in [1.54, 1.807) is 27.7 Å². The van der Waals surface area contributed by atoms with Gasteiger partial charge in [0.2, 0.25) is 5.91 Å². The fourth-order valence-electron chi connectivity index (χ4n) is 2.18. The molecule has 0 unspecified atom stereocenters. The van der Waals surface area contributed by atoms with E-state index >= 15 is 0 Å². The van der Waals surface area contributed by atoms with E-state index in [-0.39, 0.29) is 12.5 Å². The maximum atomic E-state index is 12.4. The Hall–Kier alpha value is -1.92. The molecule has 0 saturated heterocycles. The van der Waals surface area contributed by atoms with E-state index in [1.165, 1.54) is 0 Å². The van der Waals surface area contributed by atoms with Crippen LogP contribution in [0, 0.1) is 5.92 Å². The van der Waals surface area contributed by atoms with Crippen LogP contribution in [0.25, 0.3) is 0 Å². The number of hydroxylamine groups is 2. The minimum atomic E-state index is -0.802. The van der Waals surface area contributed by atoms with Crippen LogP contribution in [0.4, 0.5) is 0 Å². The molecule has 0 aliphatic heterocycles. The first-order valence-electron chi connectivity index (χ1n) is 8.54. The molecule has 6 heteroatoms. The number of hydrogen-bond acceptors (Lipinski definition) is 5. The number of benzene rings is 1. The van der Waals surface area contributed by atoms with Gasteiger partial charge in [-0.15, -0.1) is 0 Å². The van der Waals surface area contributed by atoms with Crippen molar-refractivity contribution in [2.24, 2.45) is 5.92 Å². The van der Waals surface area contributed by atoms with Crippen LogP contribution in [-0.4, -0.2) is 39.8 Å². The van der Waals surface area contributed by atoms with Crippen LogP contribution >= 0.6 is 0 Å². The summed E-state index contributed by atoms with van der Waals surface area (Å²) in [6, 6.07) is 7.78. The van der Waals surface area contributed by atoms with Crippen molar-refractivity contribution in [3.05, 3.63) is 35.9 Å². The molecule has 0 aromatic heterocycles. The normalized spacial score (nSPS) is 14.3. The van der Waals surface area contributed by atoms with Gasteiger partial charge in [0.1, 0.15) is 17.7 Å². The third-order valence-electron chi connectivity index (χ3n) is 3.64. The van der Waals surface area contributed by atoms with Gasteiger partial charge in [0.25, 0.3) is 0 Å². The molecule has 0 aliphatic carbocycles. The summed E-state index contributed by atoms with van der Waals surface area (Å²) < 4.78 is 5.37. The minimum absolute atomic E-state index is 0.132. The second-order valence-corrected chi connectivity index (χ2v) is 7.52. The Morgan fingerprint density at radius 1 is 1.16 bits per heavy atom. The smallest absolute Gasteiger partial charge is 0.329 e. The van der Waals surface area contributed by atoms with Crippen molar-refractivity contribution in [2.45, 2.75) is 65.8 Å². The summed E-state index contributed by atoms with van der Waals surface area (Å²) in [4.78, 5) is 24.7. The molecule has 1 aromatic rings. The average molecular weight is 350 g/mol. The fraction of sp³-hybridized carbons (Fsp3) is 0.579. The highest BCUT2D eigenvalue weighted by Crippen LogP contribution is 2.13. The molecule has 0 bridgehead atoms. The number of amides is 1. The standard InChI is InChI=1S/C19H30N2O4/c1-13(2)16(18(23)25-19(4,5)6)20-17(22)14(3)21(24)12-15-10-8-7-9-11-15/h7-11,13-14,16,24H,12H2,1-6H3,(H,20,22)/t14-,16-/m0/s1. The molecule has 0 spiro atoms. The van der Waals surface area contributed by atoms with E-state index in [4.69, 9.17) is 4.74 Å². The van der Waals surface area contributed by atoms with Gasteiger partial charge < -0.3 is 15.3 Å². The van der Waals surface area contributed by atoms with Crippen LogP contribution in [0.2, 0.25) is 0 Å². The Kier molecular flexibility index (Phi) is 7.58. The van der Waals surface area contributed by atoms with Gasteiger partial charge in [-0.2, -0.15) is 5.06 Å². The molecule has 1 amide bonds. The number of rotatable bonds is 7. The molecular weight excluding hydrogens is 320 g/mol. The molecule has 0 heterocycles. The van der Waals surface area contributed by atoms with Crippen LogP contribution in [0.15, 0.2) is 30.3 Å². The molecule has 140 valence electrons. The molecular formula is C19H30N2O4. The Balaban J connectivity index is 2.70. The number of carbonyl (C=O) groups excluding carboxylic acids is 2. The van der Waals surface area contributed by atoms with Crippen molar-refractivity contribution < 1.29 is 19.5 Å². The monoisotopic (exact) mass is 350 g/mol. The highest BCUT2D eigenvalue weighted by atomic mass is 16.6. The molecule has 0 fully saturated rings. The van der Waals surface area contributed by atoms with Gasteiger partial charge in [-0.3, -0.25) is 4.79 Å². The maximum absolute atomic E-state index is 12.4. The number of ether oxygens (including phenoxy) is 1. The maximum Gasteiger partial charge on any atom is 0.329 e. The van der Waals surface area contributed by atoms with Gasteiger partial charge in [-0.05, 0) is 39.2 Å². The van der Waals surface area contributed by atoms with Crippen LogP contribution in [-0.2, 0) is 20.9 Å². The van der Waals surface area contributed by atoms with Crippen molar-refractivity contribution in [3.63, 3.8) is 0 Å². The van der Waals surface area contributed by atoms with Crippen molar-refractivity contribution in [3.8, 4) is 0 Å². The zero-order chi connectivity index (χ0) is 19.2. The quantitative estimate of drug-likeness (QED) is 0.584. The van der Waals surface area contributed by atoms with Crippen molar-refractivity contribution in [2.75, 3.05) is 0 Å². The lowest BCUT2D eigenvalue weighted by atomic mass is 10.0. The summed E-state index contributed by atoms with van der Waals surface area (Å²) >= 11 is 0. The van der Waals surface area contributed by atoms with E-state index < -0.39 is 29.6 Å². The summed E-state index contributed by atoms with van der Waals surface area (Å²) in [5.41, 5.74) is 0.258. The predicted molar refractivity (Wildman–Crippen MR) is 95.8 cm³/mol. The minimum Gasteiger partial charge on any atom is -0.458 e. The number of hydrogen-bond donors (Lipinski definition) is 2. The first-order chi connectivity index (χ1) is 11.5. The fourth-order valence-corrected chi connectivity index (χ4v) is 2.18. The Morgan fingerprint density at radius 3 is 2.20 bits per heavy atom. The van der Waals surface area contributed by atoms with E-state index in [0.29, 0.717) is 0 Å². The second-order valence-electron chi connectivity index (χ2n) is 7.52. The van der Waals surface area contributed by atoms with Gasteiger partial charge in [0, 0.05) is 6.54 Å². The molecule has 6 nitrogen and oxygen atoms in total. The largest absolute Gasteiger partial charge is 0.458 e. The van der Waals surface area contributed by atoms with Gasteiger partial charge in [0.05, 0.1) is 0 Å². The number of esters is 1. The molecule has 0 saturated carbocycles. The van der Waals surface area contributed by atoms with Crippen molar-refractivity contribution in [1.82, 2.24) is 10.4 Å². The highest BCUT2D eigenvalue weighted by molar-refractivity contribution is 5.87. The third kappa shape index (κ3) is 7.23. The lowest BCUT2D eigenvalue weighted by Gasteiger charge is -2.28. The lowest BCUT2D eigenvalue weighted by Crippen LogP contribution is -2.52. The molecule has 2 N–H and O–H groups in total. The Bertz CT molecular complexity index is 567. The first-order valence-corrected chi connectivity index (χ1v) is 8.54. The highest BCUT2D eigenvalue weighted by Gasteiger charge is 2.31. The van der Waals surface area contributed by atoms with Crippen LogP contribution < -0.4 is 5.32 Å². The van der Waals surface area contributed by atoms with Gasteiger partial charge in [-0.1, -0.05) is 44.2 Å². The zero-order valence-electron chi connectivity index (χ0n) is 15.9. The predicted octanol–water partition coefficient (Wildman–Crippen LogP) is 2.75. The van der Waals surface area contributed by atoms with E-state index in [1.807, 2.05) is 44.2 Å². The molecule has 25 heavy (non-hydrogen) atoms. The van der Waals surface area contributed by atoms with Crippen LogP contribution in [0.5, 0.6) is 0 Å². The third-order valence-corrected chi connectivity index (χ3v) is 3.64. The average Bonchev–Trinajstić information content (AvgIpc) is 2.50. The second kappa shape index (κ2) is 8.97. The summed E-state index contributed by atoms with van der Waals surface area (Å²) in [6.07, 6.45) is 0. The molecule has 1 rings (SSSR count). The van der Waals surface area contributed by atoms with Gasteiger partial charge in [0.15, 0.2) is 0 Å². The SMILES string of the molecule is CC(C)[C@H](NC(=O)[C@H](C)N(O)Cc1ccccc1)C(=O)OC(C)(C)C. The van der Waals surface area contributed by atoms with E-state index in [0.717, 1.165) is 10.6 Å². The van der Waals surface area contributed by atoms with Crippen molar-refractivity contribution in [1.29, 1.82) is 0 Å². The first kappa shape index (κ1) is 21.1. The summed E-state index contributed by atoms with van der Waals surface area (Å²) in [5, 5.41) is 13.8.